The van der Waals surface area contributed by atoms with E-state index in [4.69, 9.17) is 9.16 Å². The Balaban J connectivity index is 1.96. The van der Waals surface area contributed by atoms with Crippen molar-refractivity contribution in [2.24, 2.45) is 0 Å². The van der Waals surface area contributed by atoms with E-state index >= 15 is 0 Å². The van der Waals surface area contributed by atoms with Gasteiger partial charge in [0.15, 0.2) is 8.32 Å². The quantitative estimate of drug-likeness (QED) is 0.716. The van der Waals surface area contributed by atoms with Crippen LogP contribution in [-0.4, -0.2) is 24.5 Å². The summed E-state index contributed by atoms with van der Waals surface area (Å²) in [6.07, 6.45) is 2.18. The van der Waals surface area contributed by atoms with E-state index in [0.29, 0.717) is 25.0 Å². The van der Waals surface area contributed by atoms with E-state index < -0.39 is 31.4 Å². The number of benzene rings is 1. The fourth-order valence-corrected chi connectivity index (χ4v) is 4.43. The van der Waals surface area contributed by atoms with Crippen molar-refractivity contribution >= 4 is 8.32 Å². The molecular formula is C22H31FN2O4Si. The molecule has 1 saturated heterocycles. The highest BCUT2D eigenvalue weighted by Crippen LogP contribution is 2.45. The van der Waals surface area contributed by atoms with E-state index in [1.807, 2.05) is 0 Å². The SMILES string of the molecule is Cc1cn(C2CC[C@](CO[Si](C)(C)C(C)(C)C)(c3ccc(F)cc3)O2)c(=O)[nH]c1=O. The summed E-state index contributed by atoms with van der Waals surface area (Å²) < 4.78 is 27.9. The zero-order valence-corrected chi connectivity index (χ0v) is 19.5. The third-order valence-electron chi connectivity index (χ3n) is 6.46. The molecule has 0 aliphatic carbocycles. The number of nitrogens with one attached hydrogen (secondary N) is 1. The van der Waals surface area contributed by atoms with Crippen LogP contribution in [0.15, 0.2) is 40.1 Å². The Labute approximate surface area is 177 Å². The van der Waals surface area contributed by atoms with Crippen LogP contribution in [0.5, 0.6) is 0 Å². The number of hydrogen-bond donors (Lipinski definition) is 1. The normalized spacial score (nSPS) is 22.4. The van der Waals surface area contributed by atoms with Crippen LogP contribution >= 0.6 is 0 Å². The molecule has 1 aromatic carbocycles. The fourth-order valence-electron chi connectivity index (χ4n) is 3.40. The largest absolute Gasteiger partial charge is 0.414 e. The number of rotatable bonds is 5. The summed E-state index contributed by atoms with van der Waals surface area (Å²) in [4.78, 5) is 26.4. The Morgan fingerprint density at radius 1 is 1.27 bits per heavy atom. The average molecular weight is 435 g/mol. The molecule has 8 heteroatoms. The van der Waals surface area contributed by atoms with Crippen LogP contribution in [-0.2, 0) is 14.8 Å². The van der Waals surface area contributed by atoms with Crippen molar-refractivity contribution in [1.29, 1.82) is 0 Å². The third-order valence-corrected chi connectivity index (χ3v) is 10.9. The standard InChI is InChI=1S/C22H31FN2O4Si/c1-15-13-25(20(27)24-19(15)26)18-11-12-22(29-18,16-7-9-17(23)10-8-16)14-28-30(5,6)21(2,3)4/h7-10,13,18H,11-12,14H2,1-6H3,(H,24,26,27)/t18?,22-/m0/s1. The van der Waals surface area contributed by atoms with Crippen LogP contribution in [0.25, 0.3) is 0 Å². The van der Waals surface area contributed by atoms with Gasteiger partial charge in [0.2, 0.25) is 0 Å². The second-order valence-electron chi connectivity index (χ2n) is 9.64. The average Bonchev–Trinajstić information content (AvgIpc) is 3.08. The molecular weight excluding hydrogens is 403 g/mol. The molecule has 1 aliphatic heterocycles. The minimum Gasteiger partial charge on any atom is -0.414 e. The number of ether oxygens (including phenoxy) is 1. The Morgan fingerprint density at radius 2 is 1.90 bits per heavy atom. The van der Waals surface area contributed by atoms with Gasteiger partial charge in [-0.05, 0) is 55.6 Å². The summed E-state index contributed by atoms with van der Waals surface area (Å²) >= 11 is 0. The summed E-state index contributed by atoms with van der Waals surface area (Å²) in [6.45, 7) is 12.8. The number of aryl methyl sites for hydroxylation is 1. The number of nitrogens with zero attached hydrogens (tertiary/aromatic N) is 1. The maximum Gasteiger partial charge on any atom is 0.330 e. The molecule has 2 atom stereocenters. The molecule has 0 radical (unpaired) electrons. The van der Waals surface area contributed by atoms with Crippen molar-refractivity contribution < 1.29 is 13.6 Å². The van der Waals surface area contributed by atoms with E-state index in [2.05, 4.69) is 38.8 Å². The fraction of sp³-hybridized carbons (Fsp3) is 0.545. The highest BCUT2D eigenvalue weighted by atomic mass is 28.4. The predicted molar refractivity (Wildman–Crippen MR) is 117 cm³/mol. The van der Waals surface area contributed by atoms with E-state index in [-0.39, 0.29) is 10.9 Å². The number of halogens is 1. The van der Waals surface area contributed by atoms with Crippen molar-refractivity contribution in [3.05, 3.63) is 68.2 Å². The van der Waals surface area contributed by atoms with Gasteiger partial charge in [0.1, 0.15) is 17.6 Å². The molecule has 1 aromatic heterocycles. The highest BCUT2D eigenvalue weighted by Gasteiger charge is 2.46. The van der Waals surface area contributed by atoms with Crippen LogP contribution in [0.2, 0.25) is 18.1 Å². The minimum atomic E-state index is -2.06. The molecule has 1 fully saturated rings. The van der Waals surface area contributed by atoms with Crippen molar-refractivity contribution in [2.45, 2.75) is 70.5 Å². The molecule has 0 spiro atoms. The molecule has 30 heavy (non-hydrogen) atoms. The summed E-state index contributed by atoms with van der Waals surface area (Å²) in [7, 11) is -2.06. The lowest BCUT2D eigenvalue weighted by molar-refractivity contribution is -0.102. The molecule has 2 aromatic rings. The molecule has 0 saturated carbocycles. The Kier molecular flexibility index (Phi) is 5.97. The van der Waals surface area contributed by atoms with Crippen molar-refractivity contribution in [3.63, 3.8) is 0 Å². The lowest BCUT2D eigenvalue weighted by Crippen LogP contribution is -2.45. The number of aromatic amines is 1. The smallest absolute Gasteiger partial charge is 0.330 e. The van der Waals surface area contributed by atoms with Gasteiger partial charge in [-0.1, -0.05) is 32.9 Å². The Bertz CT molecular complexity index is 1020. The van der Waals surface area contributed by atoms with Gasteiger partial charge >= 0.3 is 5.69 Å². The van der Waals surface area contributed by atoms with Crippen LogP contribution in [0.4, 0.5) is 4.39 Å². The van der Waals surface area contributed by atoms with Crippen molar-refractivity contribution in [2.75, 3.05) is 6.61 Å². The summed E-state index contributed by atoms with van der Waals surface area (Å²) in [6, 6.07) is 6.26. The first-order valence-corrected chi connectivity index (χ1v) is 13.2. The molecule has 1 unspecified atom stereocenters. The van der Waals surface area contributed by atoms with Crippen molar-refractivity contribution in [3.8, 4) is 0 Å². The molecule has 0 bridgehead atoms. The lowest BCUT2D eigenvalue weighted by Gasteiger charge is -2.40. The molecule has 1 N–H and O–H groups in total. The van der Waals surface area contributed by atoms with Crippen LogP contribution in [0.3, 0.4) is 0 Å². The molecule has 0 amide bonds. The Hall–Kier alpha value is -2.03. The number of hydrogen-bond acceptors (Lipinski definition) is 4. The van der Waals surface area contributed by atoms with Gasteiger partial charge in [0.25, 0.3) is 5.56 Å². The molecule has 1 aliphatic rings. The number of H-pyrrole nitrogens is 1. The second-order valence-corrected chi connectivity index (χ2v) is 14.4. The lowest BCUT2D eigenvalue weighted by atomic mass is 9.91. The summed E-state index contributed by atoms with van der Waals surface area (Å²) in [5, 5.41) is 0.0297. The Morgan fingerprint density at radius 3 is 2.50 bits per heavy atom. The minimum absolute atomic E-state index is 0.0297. The molecule has 164 valence electrons. The summed E-state index contributed by atoms with van der Waals surface area (Å²) in [5.74, 6) is -0.318. The predicted octanol–water partition coefficient (Wildman–Crippen LogP) is 4.21. The second kappa shape index (κ2) is 7.90. The zero-order chi connectivity index (χ0) is 22.3. The van der Waals surface area contributed by atoms with Crippen molar-refractivity contribution in [1.82, 2.24) is 9.55 Å². The van der Waals surface area contributed by atoms with E-state index in [0.717, 1.165) is 5.56 Å². The van der Waals surface area contributed by atoms with Gasteiger partial charge in [-0.2, -0.15) is 0 Å². The zero-order valence-electron chi connectivity index (χ0n) is 18.5. The maximum absolute atomic E-state index is 13.6. The first kappa shape index (κ1) is 22.6. The van der Waals surface area contributed by atoms with Gasteiger partial charge < -0.3 is 9.16 Å². The van der Waals surface area contributed by atoms with Gasteiger partial charge in [0, 0.05) is 11.8 Å². The summed E-state index contributed by atoms with van der Waals surface area (Å²) in [5.41, 5.74) is -0.442. The topological polar surface area (TPSA) is 73.3 Å². The highest BCUT2D eigenvalue weighted by molar-refractivity contribution is 6.74. The molecule has 6 nitrogen and oxygen atoms in total. The first-order chi connectivity index (χ1) is 13.8. The van der Waals surface area contributed by atoms with E-state index in [1.54, 1.807) is 19.1 Å². The van der Waals surface area contributed by atoms with E-state index in [1.165, 1.54) is 22.9 Å². The number of aromatic nitrogens is 2. The monoisotopic (exact) mass is 434 g/mol. The molecule has 3 rings (SSSR count). The van der Waals surface area contributed by atoms with Crippen LogP contribution in [0, 0.1) is 12.7 Å². The van der Waals surface area contributed by atoms with Crippen LogP contribution in [0.1, 0.15) is 51.0 Å². The van der Waals surface area contributed by atoms with Gasteiger partial charge in [-0.25, -0.2) is 9.18 Å². The van der Waals surface area contributed by atoms with Gasteiger partial charge in [0.05, 0.1) is 6.61 Å². The first-order valence-electron chi connectivity index (χ1n) is 10.2. The molecule has 2 heterocycles. The van der Waals surface area contributed by atoms with Gasteiger partial charge in [-0.3, -0.25) is 14.3 Å². The van der Waals surface area contributed by atoms with Crippen LogP contribution < -0.4 is 11.2 Å². The van der Waals surface area contributed by atoms with E-state index in [9.17, 15) is 14.0 Å². The van der Waals surface area contributed by atoms with Gasteiger partial charge in [-0.15, -0.1) is 0 Å². The third kappa shape index (κ3) is 4.35. The maximum atomic E-state index is 13.6.